The number of methoxy groups -OCH3 is 2. The third-order valence-corrected chi connectivity index (χ3v) is 4.64. The normalized spacial score (nSPS) is 10.8. The first-order valence-corrected chi connectivity index (χ1v) is 9.34. The van der Waals surface area contributed by atoms with E-state index in [-0.39, 0.29) is 0 Å². The average molecular weight is 420 g/mol. The quantitative estimate of drug-likeness (QED) is 0.224. The van der Waals surface area contributed by atoms with Crippen molar-refractivity contribution in [1.29, 1.82) is 5.26 Å². The van der Waals surface area contributed by atoms with Crippen molar-refractivity contribution in [2.24, 2.45) is 0 Å². The molecule has 0 radical (unpaired) electrons. The van der Waals surface area contributed by atoms with Crippen LogP contribution in [0.5, 0.6) is 17.2 Å². The zero-order valence-electron chi connectivity index (χ0n) is 16.4. The maximum Gasteiger partial charge on any atom is 0.345 e. The average Bonchev–Trinajstić information content (AvgIpc) is 2.78. The zero-order valence-corrected chi connectivity index (χ0v) is 17.1. The minimum atomic E-state index is -0.535. The number of halogens is 1. The van der Waals surface area contributed by atoms with Crippen molar-refractivity contribution in [3.05, 3.63) is 88.4 Å². The second-order valence-corrected chi connectivity index (χ2v) is 6.59. The Labute approximate surface area is 179 Å². The van der Waals surface area contributed by atoms with Crippen LogP contribution in [0.1, 0.15) is 21.5 Å². The van der Waals surface area contributed by atoms with Gasteiger partial charge in [0.25, 0.3) is 0 Å². The van der Waals surface area contributed by atoms with Crippen LogP contribution in [0.15, 0.2) is 66.7 Å². The fraction of sp³-hybridized carbons (Fsp3) is 0.0833. The van der Waals surface area contributed by atoms with Gasteiger partial charge in [-0.1, -0.05) is 35.9 Å². The number of carbonyl (C=O) groups excluding carboxylic acids is 1. The van der Waals surface area contributed by atoms with Crippen molar-refractivity contribution in [2.75, 3.05) is 14.2 Å². The van der Waals surface area contributed by atoms with Crippen molar-refractivity contribution in [3.8, 4) is 23.3 Å². The van der Waals surface area contributed by atoms with Gasteiger partial charge in [-0.3, -0.25) is 0 Å². The van der Waals surface area contributed by atoms with Gasteiger partial charge in [0.15, 0.2) is 11.5 Å². The first-order valence-electron chi connectivity index (χ1n) is 8.96. The van der Waals surface area contributed by atoms with E-state index in [4.69, 9.17) is 25.8 Å². The molecule has 150 valence electrons. The molecule has 0 aliphatic rings. The summed E-state index contributed by atoms with van der Waals surface area (Å²) >= 11 is 6.03. The van der Waals surface area contributed by atoms with E-state index in [0.29, 0.717) is 39.0 Å². The van der Waals surface area contributed by atoms with Crippen molar-refractivity contribution < 1.29 is 19.0 Å². The monoisotopic (exact) mass is 419 g/mol. The maximum atomic E-state index is 12.3. The highest BCUT2D eigenvalue weighted by atomic mass is 35.5. The van der Waals surface area contributed by atoms with Gasteiger partial charge in [-0.05, 0) is 59.7 Å². The fourth-order valence-electron chi connectivity index (χ4n) is 2.77. The van der Waals surface area contributed by atoms with Gasteiger partial charge in [-0.2, -0.15) is 5.26 Å². The molecule has 0 aliphatic carbocycles. The molecule has 0 unspecified atom stereocenters. The Morgan fingerprint density at radius 3 is 2.30 bits per heavy atom. The lowest BCUT2D eigenvalue weighted by Crippen LogP contribution is -2.08. The van der Waals surface area contributed by atoms with Crippen LogP contribution < -0.4 is 14.2 Å². The van der Waals surface area contributed by atoms with E-state index >= 15 is 0 Å². The van der Waals surface area contributed by atoms with E-state index in [0.717, 1.165) is 5.56 Å². The number of rotatable bonds is 6. The van der Waals surface area contributed by atoms with E-state index < -0.39 is 5.97 Å². The van der Waals surface area contributed by atoms with Gasteiger partial charge < -0.3 is 14.2 Å². The summed E-state index contributed by atoms with van der Waals surface area (Å²) in [6.07, 6.45) is 1.74. The number of ether oxygens (including phenoxy) is 3. The number of nitriles is 1. The first kappa shape index (κ1) is 21.0. The topological polar surface area (TPSA) is 68.5 Å². The van der Waals surface area contributed by atoms with Crippen molar-refractivity contribution in [3.63, 3.8) is 0 Å². The molecule has 3 rings (SSSR count). The van der Waals surface area contributed by atoms with E-state index in [1.54, 1.807) is 87.0 Å². The van der Waals surface area contributed by atoms with Crippen LogP contribution in [-0.4, -0.2) is 20.2 Å². The highest BCUT2D eigenvalue weighted by Gasteiger charge is 2.12. The molecule has 0 saturated heterocycles. The van der Waals surface area contributed by atoms with E-state index in [2.05, 4.69) is 6.07 Å². The minimum Gasteiger partial charge on any atom is -0.493 e. The number of esters is 1. The van der Waals surface area contributed by atoms with Crippen LogP contribution in [0.4, 0.5) is 0 Å². The summed E-state index contributed by atoms with van der Waals surface area (Å²) in [5.74, 6) is 0.967. The van der Waals surface area contributed by atoms with Crippen molar-refractivity contribution in [2.45, 2.75) is 0 Å². The molecule has 3 aromatic carbocycles. The standard InChI is InChI=1S/C24H18ClNO4/c1-28-22-12-9-17(14-23(22)29-2)18(15-26)13-16-7-10-19(11-8-16)30-24(27)20-5-3-4-6-21(20)25/h3-14H,1-2H3/b18-13-. The summed E-state index contributed by atoms with van der Waals surface area (Å²) in [4.78, 5) is 12.3. The Hall–Kier alpha value is -3.75. The van der Waals surface area contributed by atoms with Crippen molar-refractivity contribution in [1.82, 2.24) is 0 Å². The molecule has 0 aromatic heterocycles. The molecular weight excluding hydrogens is 402 g/mol. The smallest absolute Gasteiger partial charge is 0.345 e. The van der Waals surface area contributed by atoms with Gasteiger partial charge in [-0.25, -0.2) is 4.79 Å². The summed E-state index contributed by atoms with van der Waals surface area (Å²) in [6.45, 7) is 0. The largest absolute Gasteiger partial charge is 0.493 e. The van der Waals surface area contributed by atoms with Gasteiger partial charge in [0.05, 0.1) is 36.4 Å². The third kappa shape index (κ3) is 4.80. The number of carbonyl (C=O) groups is 1. The summed E-state index contributed by atoms with van der Waals surface area (Å²) in [6, 6.07) is 21.0. The van der Waals surface area contributed by atoms with Gasteiger partial charge >= 0.3 is 5.97 Å². The number of hydrogen-bond acceptors (Lipinski definition) is 5. The lowest BCUT2D eigenvalue weighted by molar-refractivity contribution is 0.0735. The summed E-state index contributed by atoms with van der Waals surface area (Å²) in [5, 5.41) is 9.91. The molecule has 0 saturated carbocycles. The van der Waals surface area contributed by atoms with E-state index in [1.165, 1.54) is 0 Å². The zero-order chi connectivity index (χ0) is 21.5. The molecule has 0 spiro atoms. The Morgan fingerprint density at radius 1 is 0.967 bits per heavy atom. The molecule has 0 heterocycles. The van der Waals surface area contributed by atoms with Crippen LogP contribution in [-0.2, 0) is 0 Å². The van der Waals surface area contributed by atoms with Crippen LogP contribution in [0.2, 0.25) is 5.02 Å². The van der Waals surface area contributed by atoms with Gasteiger partial charge in [0.2, 0.25) is 0 Å². The van der Waals surface area contributed by atoms with Crippen molar-refractivity contribution >= 4 is 29.2 Å². The van der Waals surface area contributed by atoms with Gasteiger partial charge in [-0.15, -0.1) is 0 Å². The molecule has 0 fully saturated rings. The Kier molecular flexibility index (Phi) is 6.74. The second-order valence-electron chi connectivity index (χ2n) is 6.18. The van der Waals surface area contributed by atoms with E-state index in [9.17, 15) is 10.1 Å². The van der Waals surface area contributed by atoms with Crippen LogP contribution in [0.3, 0.4) is 0 Å². The fourth-order valence-corrected chi connectivity index (χ4v) is 2.98. The summed E-state index contributed by atoms with van der Waals surface area (Å²) in [5.41, 5.74) is 2.23. The Morgan fingerprint density at radius 2 is 1.67 bits per heavy atom. The molecular formula is C24H18ClNO4. The molecule has 0 atom stereocenters. The first-order chi connectivity index (χ1) is 14.5. The molecule has 6 heteroatoms. The molecule has 0 bridgehead atoms. The number of hydrogen-bond donors (Lipinski definition) is 0. The number of allylic oxidation sites excluding steroid dienone is 1. The number of benzene rings is 3. The third-order valence-electron chi connectivity index (χ3n) is 4.31. The van der Waals surface area contributed by atoms with Crippen LogP contribution in [0.25, 0.3) is 11.6 Å². The summed E-state index contributed by atoms with van der Waals surface area (Å²) in [7, 11) is 3.10. The maximum absolute atomic E-state index is 12.3. The Bertz CT molecular complexity index is 1130. The minimum absolute atomic E-state index is 0.295. The predicted molar refractivity (Wildman–Crippen MR) is 116 cm³/mol. The number of nitrogens with zero attached hydrogens (tertiary/aromatic N) is 1. The second kappa shape index (κ2) is 9.64. The van der Waals surface area contributed by atoms with Crippen LogP contribution in [0, 0.1) is 11.3 Å². The molecule has 30 heavy (non-hydrogen) atoms. The highest BCUT2D eigenvalue weighted by Crippen LogP contribution is 2.31. The molecule has 0 amide bonds. The predicted octanol–water partition coefficient (Wildman–Crippen LogP) is 5.64. The highest BCUT2D eigenvalue weighted by molar-refractivity contribution is 6.33. The van der Waals surface area contributed by atoms with Crippen LogP contribution >= 0.6 is 11.6 Å². The van der Waals surface area contributed by atoms with E-state index in [1.807, 2.05) is 0 Å². The Balaban J connectivity index is 1.80. The summed E-state index contributed by atoms with van der Waals surface area (Å²) < 4.78 is 15.9. The lowest BCUT2D eigenvalue weighted by Gasteiger charge is -2.09. The molecule has 3 aromatic rings. The SMILES string of the molecule is COc1ccc(/C(C#N)=C\c2ccc(OC(=O)c3ccccc3Cl)cc2)cc1OC. The molecule has 0 N–H and O–H groups in total. The van der Waals surface area contributed by atoms with Gasteiger partial charge in [0, 0.05) is 0 Å². The lowest BCUT2D eigenvalue weighted by atomic mass is 10.0. The van der Waals surface area contributed by atoms with Gasteiger partial charge in [0.1, 0.15) is 5.75 Å². The molecule has 5 nitrogen and oxygen atoms in total. The molecule has 0 aliphatic heterocycles.